The van der Waals surface area contributed by atoms with Crippen molar-refractivity contribution in [1.82, 2.24) is 0 Å². The predicted molar refractivity (Wildman–Crippen MR) is 58.3 cm³/mol. The van der Waals surface area contributed by atoms with E-state index in [1.165, 1.54) is 19.3 Å². The molecule has 0 aliphatic carbocycles. The Morgan fingerprint density at radius 1 is 1.17 bits per heavy atom. The van der Waals surface area contributed by atoms with Crippen molar-refractivity contribution in [3.8, 4) is 0 Å². The lowest BCUT2D eigenvalue weighted by atomic mass is 9.99. The van der Waals surface area contributed by atoms with Crippen LogP contribution in [0.2, 0.25) is 0 Å². The lowest BCUT2D eigenvalue weighted by Crippen LogP contribution is -2.15. The fourth-order valence-electron chi connectivity index (χ4n) is 1.29. The van der Waals surface area contributed by atoms with Gasteiger partial charge in [-0.1, -0.05) is 39.5 Å². The molecule has 0 bridgehead atoms. The van der Waals surface area contributed by atoms with Crippen molar-refractivity contribution in [1.29, 1.82) is 0 Å². The molecular formula is C10H20Cl2. The van der Waals surface area contributed by atoms with E-state index in [1.54, 1.807) is 0 Å². The van der Waals surface area contributed by atoms with E-state index in [-0.39, 0.29) is 0 Å². The SMILES string of the molecule is CCCCCC(Cl)C(CC)CCl. The Labute approximate surface area is 86.6 Å². The highest BCUT2D eigenvalue weighted by Gasteiger charge is 2.15. The normalized spacial score (nSPS) is 16.0. The Bertz CT molecular complexity index is 89.8. The highest BCUT2D eigenvalue weighted by atomic mass is 35.5. The van der Waals surface area contributed by atoms with E-state index in [0.717, 1.165) is 12.8 Å². The van der Waals surface area contributed by atoms with E-state index >= 15 is 0 Å². The van der Waals surface area contributed by atoms with Gasteiger partial charge in [0.15, 0.2) is 0 Å². The average molecular weight is 211 g/mol. The van der Waals surface area contributed by atoms with Crippen LogP contribution in [0.4, 0.5) is 0 Å². The van der Waals surface area contributed by atoms with Gasteiger partial charge < -0.3 is 0 Å². The first kappa shape index (κ1) is 12.6. The molecule has 0 nitrogen and oxygen atoms in total. The van der Waals surface area contributed by atoms with Crippen LogP contribution in [-0.4, -0.2) is 11.3 Å². The van der Waals surface area contributed by atoms with Gasteiger partial charge in [0.05, 0.1) is 0 Å². The monoisotopic (exact) mass is 210 g/mol. The molecule has 2 heteroatoms. The highest BCUT2D eigenvalue weighted by Crippen LogP contribution is 2.21. The second-order valence-electron chi connectivity index (χ2n) is 3.33. The molecule has 0 aliphatic rings. The molecule has 0 aliphatic heterocycles. The topological polar surface area (TPSA) is 0 Å². The number of hydrogen-bond acceptors (Lipinski definition) is 0. The summed E-state index contributed by atoms with van der Waals surface area (Å²) >= 11 is 12.0. The summed E-state index contributed by atoms with van der Waals surface area (Å²) < 4.78 is 0. The Hall–Kier alpha value is 0.580. The third-order valence-corrected chi connectivity index (χ3v) is 3.29. The summed E-state index contributed by atoms with van der Waals surface area (Å²) in [7, 11) is 0. The maximum absolute atomic E-state index is 6.20. The minimum Gasteiger partial charge on any atom is -0.126 e. The molecule has 0 saturated carbocycles. The zero-order valence-electron chi connectivity index (χ0n) is 8.15. The molecule has 0 fully saturated rings. The van der Waals surface area contributed by atoms with Crippen LogP contribution in [0.25, 0.3) is 0 Å². The molecule has 0 aromatic rings. The third-order valence-electron chi connectivity index (χ3n) is 2.32. The molecule has 0 aromatic carbocycles. The first-order chi connectivity index (χ1) is 5.76. The second-order valence-corrected chi connectivity index (χ2v) is 4.20. The van der Waals surface area contributed by atoms with Crippen LogP contribution in [0.15, 0.2) is 0 Å². The van der Waals surface area contributed by atoms with Crippen molar-refractivity contribution in [2.75, 3.05) is 5.88 Å². The first-order valence-electron chi connectivity index (χ1n) is 4.96. The van der Waals surface area contributed by atoms with E-state index in [1.807, 2.05) is 0 Å². The standard InChI is InChI=1S/C10H20Cl2/c1-3-5-6-7-10(12)9(4-2)8-11/h9-10H,3-8H2,1-2H3. The zero-order valence-corrected chi connectivity index (χ0v) is 9.67. The summed E-state index contributed by atoms with van der Waals surface area (Å²) in [6.45, 7) is 4.37. The molecule has 0 heterocycles. The fraction of sp³-hybridized carbons (Fsp3) is 1.00. The Morgan fingerprint density at radius 2 is 1.83 bits per heavy atom. The van der Waals surface area contributed by atoms with Crippen molar-refractivity contribution in [3.05, 3.63) is 0 Å². The summed E-state index contributed by atoms with van der Waals surface area (Å²) in [4.78, 5) is 0. The Kier molecular flexibility index (Phi) is 8.59. The van der Waals surface area contributed by atoms with Crippen molar-refractivity contribution < 1.29 is 0 Å². The molecule has 12 heavy (non-hydrogen) atoms. The summed E-state index contributed by atoms with van der Waals surface area (Å²) in [6.07, 6.45) is 6.03. The van der Waals surface area contributed by atoms with Crippen molar-refractivity contribution in [2.45, 2.75) is 51.3 Å². The minimum atomic E-state index is 0.291. The van der Waals surface area contributed by atoms with E-state index in [0.29, 0.717) is 17.2 Å². The van der Waals surface area contributed by atoms with Gasteiger partial charge in [0.25, 0.3) is 0 Å². The molecule has 0 rings (SSSR count). The molecule has 0 aromatic heterocycles. The van der Waals surface area contributed by atoms with Gasteiger partial charge in [0, 0.05) is 11.3 Å². The quantitative estimate of drug-likeness (QED) is 0.431. The van der Waals surface area contributed by atoms with E-state index in [9.17, 15) is 0 Å². The van der Waals surface area contributed by atoms with Crippen LogP contribution in [0, 0.1) is 5.92 Å². The van der Waals surface area contributed by atoms with E-state index in [4.69, 9.17) is 23.2 Å². The summed E-state index contributed by atoms with van der Waals surface area (Å²) in [5.74, 6) is 1.21. The largest absolute Gasteiger partial charge is 0.126 e. The molecule has 74 valence electrons. The zero-order chi connectivity index (χ0) is 9.40. The highest BCUT2D eigenvalue weighted by molar-refractivity contribution is 6.22. The first-order valence-corrected chi connectivity index (χ1v) is 5.93. The lowest BCUT2D eigenvalue weighted by Gasteiger charge is -2.17. The average Bonchev–Trinajstić information content (AvgIpc) is 2.07. The van der Waals surface area contributed by atoms with Crippen molar-refractivity contribution in [2.24, 2.45) is 5.92 Å². The molecule has 2 unspecified atom stereocenters. The Morgan fingerprint density at radius 3 is 2.25 bits per heavy atom. The molecule has 0 spiro atoms. The van der Waals surface area contributed by atoms with Crippen LogP contribution in [0.1, 0.15) is 46.0 Å². The summed E-state index contributed by atoms with van der Waals surface area (Å²) in [6, 6.07) is 0. The fourth-order valence-corrected chi connectivity index (χ4v) is 2.23. The van der Waals surface area contributed by atoms with Gasteiger partial charge in [-0.3, -0.25) is 0 Å². The minimum absolute atomic E-state index is 0.291. The molecule has 2 atom stereocenters. The number of rotatable bonds is 7. The molecule has 0 radical (unpaired) electrons. The van der Waals surface area contributed by atoms with Crippen LogP contribution >= 0.6 is 23.2 Å². The number of hydrogen-bond donors (Lipinski definition) is 0. The van der Waals surface area contributed by atoms with Crippen molar-refractivity contribution in [3.63, 3.8) is 0 Å². The predicted octanol–water partition coefficient (Wildman–Crippen LogP) is 4.44. The van der Waals surface area contributed by atoms with Crippen LogP contribution in [-0.2, 0) is 0 Å². The van der Waals surface area contributed by atoms with Crippen molar-refractivity contribution >= 4 is 23.2 Å². The van der Waals surface area contributed by atoms with Crippen LogP contribution < -0.4 is 0 Å². The van der Waals surface area contributed by atoms with Gasteiger partial charge in [0.1, 0.15) is 0 Å². The molecular weight excluding hydrogens is 191 g/mol. The maximum atomic E-state index is 6.20. The molecule has 0 saturated heterocycles. The van der Waals surface area contributed by atoms with Gasteiger partial charge in [-0.05, 0) is 12.3 Å². The number of halogens is 2. The van der Waals surface area contributed by atoms with Gasteiger partial charge in [0.2, 0.25) is 0 Å². The van der Waals surface area contributed by atoms with Gasteiger partial charge >= 0.3 is 0 Å². The number of unbranched alkanes of at least 4 members (excludes halogenated alkanes) is 2. The maximum Gasteiger partial charge on any atom is 0.0375 e. The second kappa shape index (κ2) is 8.19. The van der Waals surface area contributed by atoms with Gasteiger partial charge in [-0.25, -0.2) is 0 Å². The third kappa shape index (κ3) is 5.27. The lowest BCUT2D eigenvalue weighted by molar-refractivity contribution is 0.490. The van der Waals surface area contributed by atoms with Crippen LogP contribution in [0.3, 0.4) is 0 Å². The summed E-state index contributed by atoms with van der Waals surface area (Å²) in [5.41, 5.74) is 0. The van der Waals surface area contributed by atoms with Gasteiger partial charge in [-0.15, -0.1) is 23.2 Å². The number of alkyl halides is 2. The van der Waals surface area contributed by atoms with E-state index < -0.39 is 0 Å². The molecule has 0 N–H and O–H groups in total. The summed E-state index contributed by atoms with van der Waals surface area (Å²) in [5, 5.41) is 0.291. The molecule has 0 amide bonds. The van der Waals surface area contributed by atoms with E-state index in [2.05, 4.69) is 13.8 Å². The van der Waals surface area contributed by atoms with Gasteiger partial charge in [-0.2, -0.15) is 0 Å². The van der Waals surface area contributed by atoms with Crippen LogP contribution in [0.5, 0.6) is 0 Å². The smallest absolute Gasteiger partial charge is 0.0375 e. The Balaban J connectivity index is 3.47.